The number of methoxy groups -OCH3 is 1. The number of benzene rings is 1. The second kappa shape index (κ2) is 15.1. The number of nitrogens with one attached hydrogen (secondary N) is 3. The minimum atomic E-state index is -4.30. The lowest BCUT2D eigenvalue weighted by Crippen LogP contribution is -2.60. The van der Waals surface area contributed by atoms with Crippen molar-refractivity contribution in [1.29, 1.82) is 0 Å². The molecule has 0 unspecified atom stereocenters. The Morgan fingerprint density at radius 2 is 1.75 bits per heavy atom. The summed E-state index contributed by atoms with van der Waals surface area (Å²) < 4.78 is 106. The van der Waals surface area contributed by atoms with Gasteiger partial charge >= 0.3 is 6.09 Å². The van der Waals surface area contributed by atoms with Gasteiger partial charge in [0.1, 0.15) is 35.6 Å². The third-order valence-corrected chi connectivity index (χ3v) is 15.8. The van der Waals surface area contributed by atoms with Crippen LogP contribution in [0, 0.1) is 29.1 Å². The molecule has 1 aromatic carbocycles. The van der Waals surface area contributed by atoms with Crippen LogP contribution in [0.4, 0.5) is 22.4 Å². The van der Waals surface area contributed by atoms with E-state index >= 15 is 8.78 Å². The zero-order valence-electron chi connectivity index (χ0n) is 34.6. The fourth-order valence-electron chi connectivity index (χ4n) is 9.44. The summed E-state index contributed by atoms with van der Waals surface area (Å²) in [5.41, 5.74) is -3.80. The zero-order valence-corrected chi connectivity index (χ0v) is 35.5. The van der Waals surface area contributed by atoms with Gasteiger partial charge in [0.2, 0.25) is 34.1 Å². The molecule has 2 bridgehead atoms. The van der Waals surface area contributed by atoms with E-state index in [1.54, 1.807) is 26.8 Å². The molecule has 0 spiro atoms. The highest BCUT2D eigenvalue weighted by Crippen LogP contribution is 2.58. The molecule has 15 nitrogen and oxygen atoms in total. The molecule has 1 aromatic heterocycles. The molecule has 3 heterocycles. The topological polar surface area (TPSA) is 195 Å². The second-order valence-electron chi connectivity index (χ2n) is 19.1. The summed E-state index contributed by atoms with van der Waals surface area (Å²) in [6, 6.07) is 1.62. The van der Waals surface area contributed by atoms with Gasteiger partial charge in [0, 0.05) is 18.9 Å². The number of carbonyl (C=O) groups excluding carboxylic acids is 4. The molecule has 4 aliphatic carbocycles. The normalized spacial score (nSPS) is 33.1. The quantitative estimate of drug-likeness (QED) is 0.319. The van der Waals surface area contributed by atoms with Crippen LogP contribution in [0.2, 0.25) is 0 Å². The monoisotopic (exact) mass is 880 g/mol. The Labute approximate surface area is 350 Å². The van der Waals surface area contributed by atoms with Crippen LogP contribution in [0.3, 0.4) is 0 Å². The first-order chi connectivity index (χ1) is 28.6. The van der Waals surface area contributed by atoms with Crippen molar-refractivity contribution in [2.45, 2.75) is 139 Å². The number of carbonyl (C=O) groups is 4. The molecule has 4 saturated carbocycles. The van der Waals surface area contributed by atoms with Gasteiger partial charge in [-0.2, -0.15) is 8.78 Å². The fourth-order valence-corrected chi connectivity index (χ4v) is 10.7. The predicted octanol–water partition coefficient (Wildman–Crippen LogP) is 4.96. The van der Waals surface area contributed by atoms with Crippen molar-refractivity contribution in [2.24, 2.45) is 29.1 Å². The van der Waals surface area contributed by atoms with Gasteiger partial charge in [-0.1, -0.05) is 27.2 Å². The number of amides is 4. The molecular formula is C41H52F4N6O9S. The molecule has 6 aliphatic rings. The Kier molecular flexibility index (Phi) is 10.7. The van der Waals surface area contributed by atoms with Gasteiger partial charge in [0.25, 0.3) is 11.8 Å². The Bertz CT molecular complexity index is 2240. The van der Waals surface area contributed by atoms with Crippen LogP contribution in [0.15, 0.2) is 18.2 Å². The van der Waals surface area contributed by atoms with E-state index in [1.807, 2.05) is 4.72 Å². The van der Waals surface area contributed by atoms with Crippen molar-refractivity contribution in [2.75, 3.05) is 13.7 Å². The smallest absolute Gasteiger partial charge is 0.408 e. The number of aromatic nitrogens is 2. The van der Waals surface area contributed by atoms with E-state index in [-0.39, 0.29) is 36.2 Å². The number of ether oxygens (including phenoxy) is 3. The van der Waals surface area contributed by atoms with E-state index in [9.17, 15) is 36.4 Å². The first kappa shape index (κ1) is 43.2. The van der Waals surface area contributed by atoms with E-state index < -0.39 is 129 Å². The lowest BCUT2D eigenvalue weighted by molar-refractivity contribution is -0.143. The van der Waals surface area contributed by atoms with E-state index in [4.69, 9.17) is 14.2 Å². The minimum Gasteiger partial charge on any atom is -0.497 e. The van der Waals surface area contributed by atoms with Gasteiger partial charge in [-0.25, -0.2) is 32.0 Å². The third kappa shape index (κ3) is 8.17. The number of alkyl halides is 4. The second-order valence-corrected chi connectivity index (χ2v) is 21.3. The largest absolute Gasteiger partial charge is 0.497 e. The van der Waals surface area contributed by atoms with Crippen LogP contribution >= 0.6 is 0 Å². The summed E-state index contributed by atoms with van der Waals surface area (Å²) in [6.45, 7) is 6.02. The summed E-state index contributed by atoms with van der Waals surface area (Å²) in [7, 11) is -2.88. The van der Waals surface area contributed by atoms with Crippen LogP contribution in [-0.2, 0) is 35.1 Å². The van der Waals surface area contributed by atoms with Crippen molar-refractivity contribution in [3.05, 3.63) is 23.9 Å². The third-order valence-electron chi connectivity index (χ3n) is 13.7. The molecule has 1 saturated heterocycles. The highest BCUT2D eigenvalue weighted by atomic mass is 32.2. The maximum Gasteiger partial charge on any atom is 0.408 e. The Balaban J connectivity index is 1.16. The number of rotatable bonds is 7. The zero-order chi connectivity index (χ0) is 44.0. The van der Waals surface area contributed by atoms with Crippen molar-refractivity contribution >= 4 is 44.9 Å². The van der Waals surface area contributed by atoms with Crippen LogP contribution < -0.4 is 24.8 Å². The number of halogens is 4. The van der Waals surface area contributed by atoms with Crippen LogP contribution in [0.1, 0.15) is 97.6 Å². The standard InChI is InChI=1S/C41H52F4N6O9S/c1-38(2,3)31-35(53)51-19-22(17-28(51)33(52)49-40(18-25(40)32(42)43)36(54)50-61(56,57)39(4)12-13-39)59-34-30(46-26-10-9-21(58-5)16-27(26)47-34)41(44,45)11-7-6-8-23-24-14-20(24)15-29(23)60-37(55)48-31/h9-10,16,20,22-25,28-29,31-32H,6-8,11-15,17-19H2,1-5H3,(H,48,55)(H,49,52)(H,50,54)/t20-,22+,23+,24-,25-,28-,29+,31+,40+/m0/s1. The number of hydrogen-bond acceptors (Lipinski definition) is 11. The summed E-state index contributed by atoms with van der Waals surface area (Å²) >= 11 is 0. The lowest BCUT2D eigenvalue weighted by atomic mass is 9.85. The molecule has 3 N–H and O–H groups in total. The summed E-state index contributed by atoms with van der Waals surface area (Å²) in [5.74, 6) is -8.13. The van der Waals surface area contributed by atoms with Gasteiger partial charge in [-0.05, 0) is 87.2 Å². The molecule has 4 amide bonds. The van der Waals surface area contributed by atoms with Crippen molar-refractivity contribution in [3.63, 3.8) is 0 Å². The van der Waals surface area contributed by atoms with E-state index in [1.165, 1.54) is 26.2 Å². The maximum absolute atomic E-state index is 16.4. The number of hydrogen-bond donors (Lipinski definition) is 3. The van der Waals surface area contributed by atoms with Gasteiger partial charge in [-0.15, -0.1) is 0 Å². The molecule has 2 aromatic rings. The summed E-state index contributed by atoms with van der Waals surface area (Å²) in [4.78, 5) is 66.2. The predicted molar refractivity (Wildman–Crippen MR) is 209 cm³/mol. The first-order valence-electron chi connectivity index (χ1n) is 20.9. The van der Waals surface area contributed by atoms with Crippen molar-refractivity contribution < 1.29 is 59.4 Å². The number of alkyl carbamates (subject to hydrolysis) is 1. The van der Waals surface area contributed by atoms with Crippen LogP contribution in [0.25, 0.3) is 11.0 Å². The number of sulfonamides is 1. The van der Waals surface area contributed by atoms with Gasteiger partial charge in [-0.3, -0.25) is 19.1 Å². The highest BCUT2D eigenvalue weighted by Gasteiger charge is 2.67. The molecule has 2 aliphatic heterocycles. The molecular weight excluding hydrogens is 829 g/mol. The lowest BCUT2D eigenvalue weighted by Gasteiger charge is -2.36. The molecule has 9 atom stereocenters. The van der Waals surface area contributed by atoms with Crippen molar-refractivity contribution in [3.8, 4) is 11.6 Å². The van der Waals surface area contributed by atoms with E-state index in [2.05, 4.69) is 20.6 Å². The van der Waals surface area contributed by atoms with Gasteiger partial charge in [0.05, 0.1) is 35.4 Å². The average Bonchev–Trinajstić information content (AvgIpc) is 4.14. The SMILES string of the molecule is COc1ccc2nc3c(nc2c1)O[C@@H]1C[C@@H](C(=O)N[C@]2(C(=O)NS(=O)(=O)C4(C)CC4)C[C@H]2C(F)F)N(C1)C(=O)[C@H](C(C)(C)C)NC(=O)O[C@@H]1C[C@@H]2C[C@@H]2[C@H]1CCCCC3(F)F. The molecule has 5 fully saturated rings. The van der Waals surface area contributed by atoms with Crippen LogP contribution in [0.5, 0.6) is 11.6 Å². The molecule has 0 radical (unpaired) electrons. The van der Waals surface area contributed by atoms with Gasteiger partial charge in [0.15, 0.2) is 5.69 Å². The fraction of sp³-hybridized carbons (Fsp3) is 0.707. The van der Waals surface area contributed by atoms with Crippen molar-refractivity contribution in [1.82, 2.24) is 30.2 Å². The first-order valence-corrected chi connectivity index (χ1v) is 22.4. The van der Waals surface area contributed by atoms with E-state index in [0.29, 0.717) is 36.8 Å². The summed E-state index contributed by atoms with van der Waals surface area (Å²) in [6.07, 6.45) is -4.18. The number of nitrogens with zero attached hydrogens (tertiary/aromatic N) is 3. The van der Waals surface area contributed by atoms with Gasteiger partial charge < -0.3 is 29.7 Å². The Hall–Kier alpha value is -4.49. The molecule has 20 heteroatoms. The van der Waals surface area contributed by atoms with E-state index in [0.717, 1.165) is 11.3 Å². The average molecular weight is 881 g/mol. The molecule has 61 heavy (non-hydrogen) atoms. The molecule has 8 rings (SSSR count). The summed E-state index contributed by atoms with van der Waals surface area (Å²) in [5, 5.41) is 5.07. The molecule has 334 valence electrons. The Morgan fingerprint density at radius 3 is 2.41 bits per heavy atom. The number of fused-ring (bicyclic) bond motifs is 7. The minimum absolute atomic E-state index is 0.0556. The maximum atomic E-state index is 16.4. The Morgan fingerprint density at radius 1 is 1.02 bits per heavy atom. The van der Waals surface area contributed by atoms with Crippen LogP contribution in [-0.4, -0.2) is 102 Å². The highest BCUT2D eigenvalue weighted by molar-refractivity contribution is 7.91.